The van der Waals surface area contributed by atoms with Crippen LogP contribution in [0.5, 0.6) is 0 Å². The molecule has 0 aliphatic heterocycles. The Morgan fingerprint density at radius 2 is 1.05 bits per heavy atom. The molecular weight excluding hydrogens is 232 g/mol. The van der Waals surface area contributed by atoms with Crippen LogP contribution in [0.4, 0.5) is 0 Å². The normalized spacial score (nSPS) is 13.5. The first-order valence-electron chi connectivity index (χ1n) is 6.35. The molecule has 1 nitrogen and oxygen atoms in total. The SMILES string of the molecule is C=CC(OC(C=C)c1ccccc1)c1ccccc1. The maximum atomic E-state index is 6.08. The van der Waals surface area contributed by atoms with E-state index in [1.165, 1.54) is 0 Å². The first kappa shape index (κ1) is 13.3. The number of hydrogen-bond donors (Lipinski definition) is 0. The molecule has 2 aromatic rings. The highest BCUT2D eigenvalue weighted by Gasteiger charge is 2.14. The molecule has 2 atom stereocenters. The molecule has 2 aromatic carbocycles. The van der Waals surface area contributed by atoms with Crippen molar-refractivity contribution in [2.75, 3.05) is 0 Å². The molecule has 0 saturated carbocycles. The van der Waals surface area contributed by atoms with E-state index >= 15 is 0 Å². The molecule has 0 N–H and O–H groups in total. The summed E-state index contributed by atoms with van der Waals surface area (Å²) in [5.74, 6) is 0. The van der Waals surface area contributed by atoms with Gasteiger partial charge in [0.1, 0.15) is 12.2 Å². The van der Waals surface area contributed by atoms with Gasteiger partial charge in [0.15, 0.2) is 0 Å². The Morgan fingerprint density at radius 1 is 0.684 bits per heavy atom. The Balaban J connectivity index is 2.17. The summed E-state index contributed by atoms with van der Waals surface area (Å²) in [6, 6.07) is 20.1. The first-order chi connectivity index (χ1) is 9.35. The Kier molecular flexibility index (Phi) is 4.71. The van der Waals surface area contributed by atoms with Gasteiger partial charge in [-0.15, -0.1) is 13.2 Å². The highest BCUT2D eigenvalue weighted by molar-refractivity contribution is 5.24. The van der Waals surface area contributed by atoms with Crippen molar-refractivity contribution < 1.29 is 4.74 Å². The third-order valence-corrected chi connectivity index (χ3v) is 2.98. The van der Waals surface area contributed by atoms with Gasteiger partial charge in [-0.05, 0) is 11.1 Å². The Hall–Kier alpha value is -2.12. The number of rotatable bonds is 6. The van der Waals surface area contributed by atoms with Crippen LogP contribution in [-0.2, 0) is 4.74 Å². The third-order valence-electron chi connectivity index (χ3n) is 2.98. The van der Waals surface area contributed by atoms with Crippen molar-refractivity contribution in [3.63, 3.8) is 0 Å². The molecule has 0 aliphatic rings. The van der Waals surface area contributed by atoms with Gasteiger partial charge in [0.25, 0.3) is 0 Å². The Bertz CT molecular complexity index is 466. The first-order valence-corrected chi connectivity index (χ1v) is 6.35. The van der Waals surface area contributed by atoms with Crippen molar-refractivity contribution in [1.29, 1.82) is 0 Å². The molecule has 0 heterocycles. The highest BCUT2D eigenvalue weighted by Crippen LogP contribution is 2.28. The fourth-order valence-electron chi connectivity index (χ4n) is 1.98. The zero-order valence-electron chi connectivity index (χ0n) is 10.9. The van der Waals surface area contributed by atoms with Crippen molar-refractivity contribution in [1.82, 2.24) is 0 Å². The average Bonchev–Trinajstić information content (AvgIpc) is 2.50. The predicted octanol–water partition coefficient (Wildman–Crippen LogP) is 4.86. The minimum Gasteiger partial charge on any atom is -0.357 e. The highest BCUT2D eigenvalue weighted by atomic mass is 16.5. The lowest BCUT2D eigenvalue weighted by atomic mass is 10.1. The molecule has 19 heavy (non-hydrogen) atoms. The predicted molar refractivity (Wildman–Crippen MR) is 79.8 cm³/mol. The van der Waals surface area contributed by atoms with E-state index in [-0.39, 0.29) is 12.2 Å². The zero-order chi connectivity index (χ0) is 13.5. The van der Waals surface area contributed by atoms with Crippen LogP contribution in [0, 0.1) is 0 Å². The molecule has 0 aliphatic carbocycles. The van der Waals surface area contributed by atoms with E-state index in [0.29, 0.717) is 0 Å². The Labute approximate surface area is 114 Å². The summed E-state index contributed by atoms with van der Waals surface area (Å²) < 4.78 is 6.08. The topological polar surface area (TPSA) is 9.23 Å². The second-order valence-corrected chi connectivity index (χ2v) is 4.27. The van der Waals surface area contributed by atoms with E-state index in [2.05, 4.69) is 13.2 Å². The molecule has 0 amide bonds. The fourth-order valence-corrected chi connectivity index (χ4v) is 1.98. The van der Waals surface area contributed by atoms with E-state index in [0.717, 1.165) is 11.1 Å². The second kappa shape index (κ2) is 6.72. The summed E-state index contributed by atoms with van der Waals surface area (Å²) in [5, 5.41) is 0. The van der Waals surface area contributed by atoms with Crippen molar-refractivity contribution in [3.05, 3.63) is 97.1 Å². The van der Waals surface area contributed by atoms with Crippen LogP contribution < -0.4 is 0 Å². The molecule has 0 saturated heterocycles. The number of hydrogen-bond acceptors (Lipinski definition) is 1. The summed E-state index contributed by atoms with van der Waals surface area (Å²) in [6.07, 6.45) is 3.36. The van der Waals surface area contributed by atoms with Crippen LogP contribution in [0.2, 0.25) is 0 Å². The van der Waals surface area contributed by atoms with E-state index < -0.39 is 0 Å². The molecule has 0 spiro atoms. The van der Waals surface area contributed by atoms with Gasteiger partial charge in [0, 0.05) is 0 Å². The summed E-state index contributed by atoms with van der Waals surface area (Å²) in [5.41, 5.74) is 2.19. The zero-order valence-corrected chi connectivity index (χ0v) is 10.9. The minimum atomic E-state index is -0.135. The standard InChI is InChI=1S/C18H18O/c1-3-17(15-11-7-5-8-12-15)19-18(4-2)16-13-9-6-10-14-16/h3-14,17-18H,1-2H2. The smallest absolute Gasteiger partial charge is 0.102 e. The van der Waals surface area contributed by atoms with Gasteiger partial charge in [0.05, 0.1) is 0 Å². The second-order valence-electron chi connectivity index (χ2n) is 4.27. The van der Waals surface area contributed by atoms with Gasteiger partial charge in [0.2, 0.25) is 0 Å². The molecule has 96 valence electrons. The summed E-state index contributed by atoms with van der Waals surface area (Å²) in [4.78, 5) is 0. The van der Waals surface area contributed by atoms with Gasteiger partial charge in [-0.1, -0.05) is 72.8 Å². The maximum absolute atomic E-state index is 6.08. The third kappa shape index (κ3) is 3.43. The lowest BCUT2D eigenvalue weighted by Crippen LogP contribution is -2.06. The van der Waals surface area contributed by atoms with E-state index in [4.69, 9.17) is 4.74 Å². The number of ether oxygens (including phenoxy) is 1. The van der Waals surface area contributed by atoms with Gasteiger partial charge in [-0.3, -0.25) is 0 Å². The lowest BCUT2D eigenvalue weighted by Gasteiger charge is -2.21. The van der Waals surface area contributed by atoms with Gasteiger partial charge in [-0.25, -0.2) is 0 Å². The molecule has 2 rings (SSSR count). The maximum Gasteiger partial charge on any atom is 0.102 e. The summed E-state index contributed by atoms with van der Waals surface area (Å²) >= 11 is 0. The molecule has 0 bridgehead atoms. The molecule has 2 unspecified atom stereocenters. The van der Waals surface area contributed by atoms with E-state index in [9.17, 15) is 0 Å². The molecule has 0 radical (unpaired) electrons. The molecule has 0 aromatic heterocycles. The minimum absolute atomic E-state index is 0.135. The van der Waals surface area contributed by atoms with Crippen molar-refractivity contribution in [3.8, 4) is 0 Å². The van der Waals surface area contributed by atoms with Gasteiger partial charge >= 0.3 is 0 Å². The van der Waals surface area contributed by atoms with Crippen LogP contribution in [0.3, 0.4) is 0 Å². The van der Waals surface area contributed by atoms with Crippen LogP contribution in [0.1, 0.15) is 23.3 Å². The molecular formula is C18H18O. The summed E-state index contributed by atoms with van der Waals surface area (Å²) in [6.45, 7) is 7.72. The quantitative estimate of drug-likeness (QED) is 0.665. The lowest BCUT2D eigenvalue weighted by molar-refractivity contribution is 0.0403. The van der Waals surface area contributed by atoms with E-state index in [1.54, 1.807) is 0 Å². The van der Waals surface area contributed by atoms with Crippen LogP contribution in [0.25, 0.3) is 0 Å². The van der Waals surface area contributed by atoms with Crippen molar-refractivity contribution in [2.45, 2.75) is 12.2 Å². The van der Waals surface area contributed by atoms with Crippen LogP contribution >= 0.6 is 0 Å². The van der Waals surface area contributed by atoms with Gasteiger partial charge < -0.3 is 4.74 Å². The number of benzene rings is 2. The largest absolute Gasteiger partial charge is 0.357 e. The van der Waals surface area contributed by atoms with Crippen LogP contribution in [-0.4, -0.2) is 0 Å². The molecule has 1 heteroatoms. The van der Waals surface area contributed by atoms with Gasteiger partial charge in [-0.2, -0.15) is 0 Å². The van der Waals surface area contributed by atoms with Crippen molar-refractivity contribution in [2.24, 2.45) is 0 Å². The summed E-state index contributed by atoms with van der Waals surface area (Å²) in [7, 11) is 0. The van der Waals surface area contributed by atoms with E-state index in [1.807, 2.05) is 72.8 Å². The Morgan fingerprint density at radius 3 is 1.37 bits per heavy atom. The fraction of sp³-hybridized carbons (Fsp3) is 0.111. The van der Waals surface area contributed by atoms with Crippen LogP contribution in [0.15, 0.2) is 86.0 Å². The average molecular weight is 250 g/mol. The monoisotopic (exact) mass is 250 g/mol. The molecule has 0 fully saturated rings. The van der Waals surface area contributed by atoms with Crippen molar-refractivity contribution >= 4 is 0 Å².